The van der Waals surface area contributed by atoms with Crippen LogP contribution in [0.2, 0.25) is 0 Å². The molecular formula is C13H17N3O2. The van der Waals surface area contributed by atoms with Gasteiger partial charge < -0.3 is 9.64 Å². The normalized spacial score (nSPS) is 23.7. The third-order valence-electron chi connectivity index (χ3n) is 3.66. The van der Waals surface area contributed by atoms with Crippen molar-refractivity contribution in [3.05, 3.63) is 29.8 Å². The zero-order valence-electron chi connectivity index (χ0n) is 10.3. The average molecular weight is 247 g/mol. The molecule has 3 heterocycles. The maximum Gasteiger partial charge on any atom is 0.253 e. The van der Waals surface area contributed by atoms with Gasteiger partial charge in [0.2, 0.25) is 0 Å². The van der Waals surface area contributed by atoms with Gasteiger partial charge in [-0.2, -0.15) is 5.10 Å². The third-order valence-corrected chi connectivity index (χ3v) is 3.66. The van der Waals surface area contributed by atoms with E-state index >= 15 is 0 Å². The number of hydrogen-bond donors (Lipinski definition) is 1. The number of nitrogens with one attached hydrogen (secondary N) is 1. The van der Waals surface area contributed by atoms with E-state index in [9.17, 15) is 4.79 Å². The quantitative estimate of drug-likeness (QED) is 0.859. The first-order valence-corrected chi connectivity index (χ1v) is 6.44. The van der Waals surface area contributed by atoms with Gasteiger partial charge in [0.05, 0.1) is 18.4 Å². The van der Waals surface area contributed by atoms with Gasteiger partial charge in [-0.05, 0) is 18.9 Å². The van der Waals surface area contributed by atoms with Crippen molar-refractivity contribution in [1.82, 2.24) is 15.1 Å². The van der Waals surface area contributed by atoms with Crippen molar-refractivity contribution in [2.75, 3.05) is 19.7 Å². The summed E-state index contributed by atoms with van der Waals surface area (Å²) in [7, 11) is 0. The van der Waals surface area contributed by atoms with Crippen LogP contribution in [0.15, 0.2) is 24.1 Å². The molecule has 3 rings (SSSR count). The smallest absolute Gasteiger partial charge is 0.253 e. The van der Waals surface area contributed by atoms with Gasteiger partial charge in [0.15, 0.2) is 0 Å². The van der Waals surface area contributed by atoms with Crippen LogP contribution in [-0.4, -0.2) is 40.7 Å². The SMILES string of the molecule is O=C(C1=COCC1)N1CCC[C@H](c2ccn[nH]2)C1. The molecule has 2 aliphatic heterocycles. The summed E-state index contributed by atoms with van der Waals surface area (Å²) in [4.78, 5) is 14.2. The third kappa shape index (κ3) is 2.12. The van der Waals surface area contributed by atoms with E-state index in [-0.39, 0.29) is 5.91 Å². The maximum absolute atomic E-state index is 12.3. The molecule has 5 nitrogen and oxygen atoms in total. The van der Waals surface area contributed by atoms with E-state index in [1.54, 1.807) is 12.5 Å². The van der Waals surface area contributed by atoms with E-state index in [4.69, 9.17) is 4.74 Å². The minimum Gasteiger partial charge on any atom is -0.500 e. The number of ether oxygens (including phenoxy) is 1. The number of H-pyrrole nitrogens is 1. The second kappa shape index (κ2) is 4.84. The molecule has 0 aromatic carbocycles. The Hall–Kier alpha value is -1.78. The summed E-state index contributed by atoms with van der Waals surface area (Å²) in [6.07, 6.45) is 6.28. The molecule has 0 radical (unpaired) electrons. The van der Waals surface area contributed by atoms with Crippen molar-refractivity contribution < 1.29 is 9.53 Å². The highest BCUT2D eigenvalue weighted by molar-refractivity contribution is 5.93. The van der Waals surface area contributed by atoms with Crippen LogP contribution in [0.1, 0.15) is 30.9 Å². The highest BCUT2D eigenvalue weighted by Crippen LogP contribution is 2.27. The van der Waals surface area contributed by atoms with E-state index in [1.165, 1.54) is 0 Å². The zero-order valence-corrected chi connectivity index (χ0v) is 10.3. The average Bonchev–Trinajstić information content (AvgIpc) is 3.11. The Morgan fingerprint density at radius 1 is 1.56 bits per heavy atom. The maximum atomic E-state index is 12.3. The lowest BCUT2D eigenvalue weighted by Gasteiger charge is -2.32. The predicted octanol–water partition coefficient (Wildman–Crippen LogP) is 1.42. The number of aromatic amines is 1. The van der Waals surface area contributed by atoms with Crippen LogP contribution in [0.5, 0.6) is 0 Å². The molecule has 1 amide bonds. The van der Waals surface area contributed by atoms with Crippen LogP contribution >= 0.6 is 0 Å². The fraction of sp³-hybridized carbons (Fsp3) is 0.538. The molecule has 0 saturated carbocycles. The molecule has 18 heavy (non-hydrogen) atoms. The Kier molecular flexibility index (Phi) is 3.04. The molecule has 0 aliphatic carbocycles. The van der Waals surface area contributed by atoms with Crippen LogP contribution in [0.4, 0.5) is 0 Å². The van der Waals surface area contributed by atoms with E-state index < -0.39 is 0 Å². The molecular weight excluding hydrogens is 230 g/mol. The number of amides is 1. The van der Waals surface area contributed by atoms with Crippen LogP contribution in [0, 0.1) is 0 Å². The van der Waals surface area contributed by atoms with E-state index in [1.807, 2.05) is 11.0 Å². The number of likely N-dealkylation sites (tertiary alicyclic amines) is 1. The molecule has 2 aliphatic rings. The molecule has 1 atom stereocenters. The number of rotatable bonds is 2. The number of piperidine rings is 1. The minimum absolute atomic E-state index is 0.136. The Balaban J connectivity index is 1.68. The Labute approximate surface area is 106 Å². The molecule has 1 aromatic rings. The van der Waals surface area contributed by atoms with Crippen molar-refractivity contribution in [2.24, 2.45) is 0 Å². The number of carbonyl (C=O) groups excluding carboxylic acids is 1. The molecule has 96 valence electrons. The molecule has 1 aromatic heterocycles. The topological polar surface area (TPSA) is 58.2 Å². The number of aromatic nitrogens is 2. The summed E-state index contributed by atoms with van der Waals surface area (Å²) in [6.45, 7) is 2.26. The standard InChI is InChI=1S/C13H17N3O2/c17-13(11-4-7-18-9-11)16-6-1-2-10(8-16)12-3-5-14-15-12/h3,5,9-10H,1-2,4,6-8H2,(H,14,15)/t10-/m0/s1. The summed E-state index contributed by atoms with van der Waals surface area (Å²) in [5, 5.41) is 6.99. The second-order valence-electron chi connectivity index (χ2n) is 4.87. The molecule has 0 bridgehead atoms. The zero-order chi connectivity index (χ0) is 12.4. The summed E-state index contributed by atoms with van der Waals surface area (Å²) in [5.74, 6) is 0.518. The van der Waals surface area contributed by atoms with Gasteiger partial charge in [0, 0.05) is 37.3 Å². The first kappa shape index (κ1) is 11.3. The van der Waals surface area contributed by atoms with Gasteiger partial charge in [-0.15, -0.1) is 0 Å². The Morgan fingerprint density at radius 3 is 3.22 bits per heavy atom. The van der Waals surface area contributed by atoms with Gasteiger partial charge in [-0.3, -0.25) is 9.89 Å². The van der Waals surface area contributed by atoms with Gasteiger partial charge in [-0.25, -0.2) is 0 Å². The predicted molar refractivity (Wildman–Crippen MR) is 65.8 cm³/mol. The number of nitrogens with zero attached hydrogens (tertiary/aromatic N) is 2. The summed E-state index contributed by atoms with van der Waals surface area (Å²) < 4.78 is 5.14. The summed E-state index contributed by atoms with van der Waals surface area (Å²) in [6, 6.07) is 2.00. The van der Waals surface area contributed by atoms with Crippen LogP contribution in [-0.2, 0) is 9.53 Å². The molecule has 1 N–H and O–H groups in total. The van der Waals surface area contributed by atoms with Gasteiger partial charge in [0.25, 0.3) is 5.91 Å². The largest absolute Gasteiger partial charge is 0.500 e. The Morgan fingerprint density at radius 2 is 2.50 bits per heavy atom. The van der Waals surface area contributed by atoms with Crippen molar-refractivity contribution in [2.45, 2.75) is 25.2 Å². The van der Waals surface area contributed by atoms with Gasteiger partial charge in [0.1, 0.15) is 0 Å². The van der Waals surface area contributed by atoms with Gasteiger partial charge in [-0.1, -0.05) is 0 Å². The molecule has 0 unspecified atom stereocenters. The number of carbonyl (C=O) groups is 1. The van der Waals surface area contributed by atoms with E-state index in [2.05, 4.69) is 10.2 Å². The minimum atomic E-state index is 0.136. The number of hydrogen-bond acceptors (Lipinski definition) is 3. The first-order valence-electron chi connectivity index (χ1n) is 6.44. The highest BCUT2D eigenvalue weighted by Gasteiger charge is 2.28. The lowest BCUT2D eigenvalue weighted by molar-refractivity contribution is -0.128. The molecule has 1 saturated heterocycles. The monoisotopic (exact) mass is 247 g/mol. The fourth-order valence-electron chi connectivity index (χ4n) is 2.66. The highest BCUT2D eigenvalue weighted by atomic mass is 16.5. The summed E-state index contributed by atoms with van der Waals surface area (Å²) in [5.41, 5.74) is 1.93. The Bertz CT molecular complexity index is 453. The lowest BCUT2D eigenvalue weighted by atomic mass is 9.94. The van der Waals surface area contributed by atoms with Crippen molar-refractivity contribution >= 4 is 5.91 Å². The summed E-state index contributed by atoms with van der Waals surface area (Å²) >= 11 is 0. The van der Waals surface area contributed by atoms with Crippen LogP contribution in [0.25, 0.3) is 0 Å². The van der Waals surface area contributed by atoms with Gasteiger partial charge >= 0.3 is 0 Å². The first-order chi connectivity index (χ1) is 8.84. The molecule has 5 heteroatoms. The van der Waals surface area contributed by atoms with Crippen LogP contribution < -0.4 is 0 Å². The van der Waals surface area contributed by atoms with Crippen molar-refractivity contribution in [3.63, 3.8) is 0 Å². The van der Waals surface area contributed by atoms with Crippen LogP contribution in [0.3, 0.4) is 0 Å². The van der Waals surface area contributed by atoms with Crippen molar-refractivity contribution in [3.8, 4) is 0 Å². The molecule has 1 fully saturated rings. The van der Waals surface area contributed by atoms with E-state index in [0.717, 1.165) is 43.6 Å². The second-order valence-corrected chi connectivity index (χ2v) is 4.87. The fourth-order valence-corrected chi connectivity index (χ4v) is 2.66. The van der Waals surface area contributed by atoms with E-state index in [0.29, 0.717) is 12.5 Å². The molecule has 0 spiro atoms. The lowest BCUT2D eigenvalue weighted by Crippen LogP contribution is -2.39. The van der Waals surface area contributed by atoms with Crippen molar-refractivity contribution in [1.29, 1.82) is 0 Å².